The van der Waals surface area contributed by atoms with Crippen molar-refractivity contribution in [1.82, 2.24) is 9.13 Å². The Balaban J connectivity index is 0.562. The Morgan fingerprint density at radius 2 is 0.883 bits per heavy atom. The summed E-state index contributed by atoms with van der Waals surface area (Å²) < 4.78 is 4.87. The number of benzene rings is 16. The molecule has 4 aliphatic carbocycles. The number of hydrogen-bond acceptors (Lipinski definition) is 3. The van der Waals surface area contributed by atoms with Crippen LogP contribution in [0.2, 0.25) is 0 Å². The maximum absolute atomic E-state index is 2.53. The highest BCUT2D eigenvalue weighted by Gasteiger charge is 2.44. The van der Waals surface area contributed by atoms with E-state index in [0.717, 1.165) is 71.9 Å². The predicted molar refractivity (Wildman–Crippen MR) is 508 cm³/mol. The van der Waals surface area contributed by atoms with Gasteiger partial charge in [0, 0.05) is 89.1 Å². The standard InChI is InChI=1S/C115H93N5/c1-76-44-56-87(57-45-76)116(89-64-66-92(67-65-89)118(108-43-24-38-96-95-36-20-22-39-100(95)114(4,5)112(96)108)91-60-48-78(49-61-91)82-53-69-104-99(75-82)110-94-35-19-17-27-80(94)51-71-107(110)120(104)86-32-14-9-15-33-86)88-62-54-83(55-63-88)113(2,3)72-73-115(6)101-40-23-21-37-97(101)111-102(115)41-25-42-105(111)117(84-28-10-7-11-29-84)90-58-46-77(47-59-90)81-52-68-103-98(74-81)109-93-34-18-16-26-79(93)50-70-106(109)119(103)85-30-12-8-13-31-85/h7-15,17-25,27-54,56-71,74-75,83H,16,26,55,72-73H2,1-6H3. The van der Waals surface area contributed by atoms with E-state index in [4.69, 9.17) is 0 Å². The van der Waals surface area contributed by atoms with E-state index in [2.05, 4.69) is 454 Å². The van der Waals surface area contributed by atoms with Crippen molar-refractivity contribution in [3.63, 3.8) is 0 Å². The Bertz CT molecular complexity index is 7180. The highest BCUT2D eigenvalue weighted by atomic mass is 15.2. The van der Waals surface area contributed by atoms with Crippen LogP contribution in [-0.2, 0) is 17.3 Å². The van der Waals surface area contributed by atoms with Crippen LogP contribution in [0.4, 0.5) is 45.5 Å². The summed E-state index contributed by atoms with van der Waals surface area (Å²) in [5.41, 5.74) is 36.4. The zero-order valence-corrected chi connectivity index (χ0v) is 68.8. The molecule has 18 aromatic rings. The number of anilines is 8. The van der Waals surface area contributed by atoms with Crippen LogP contribution in [-0.4, -0.2) is 9.13 Å². The molecule has 2 unspecified atom stereocenters. The van der Waals surface area contributed by atoms with Crippen molar-refractivity contribution in [2.75, 3.05) is 14.7 Å². The van der Waals surface area contributed by atoms with Crippen LogP contribution in [0.15, 0.2) is 388 Å². The van der Waals surface area contributed by atoms with Gasteiger partial charge in [0.15, 0.2) is 0 Å². The van der Waals surface area contributed by atoms with E-state index in [1.165, 1.54) is 161 Å². The van der Waals surface area contributed by atoms with Crippen LogP contribution in [0.1, 0.15) is 99.2 Å². The van der Waals surface area contributed by atoms with Gasteiger partial charge in [0.25, 0.3) is 0 Å². The van der Waals surface area contributed by atoms with Gasteiger partial charge >= 0.3 is 0 Å². The van der Waals surface area contributed by atoms with Gasteiger partial charge in [-0.05, 0) is 285 Å². The number of para-hydroxylation sites is 3. The average Bonchev–Trinajstić information content (AvgIpc) is 1.54. The van der Waals surface area contributed by atoms with Crippen molar-refractivity contribution in [3.8, 4) is 55.9 Å². The van der Waals surface area contributed by atoms with Crippen LogP contribution in [0, 0.1) is 18.3 Å². The number of fused-ring (bicyclic) bond motifs is 16. The molecule has 2 atom stereocenters. The Hall–Kier alpha value is -14.0. The second kappa shape index (κ2) is 28.7. The largest absolute Gasteiger partial charge is 0.311 e. The Morgan fingerprint density at radius 3 is 1.53 bits per heavy atom. The van der Waals surface area contributed by atoms with Gasteiger partial charge < -0.3 is 23.8 Å². The summed E-state index contributed by atoms with van der Waals surface area (Å²) in [6, 6.07) is 134. The molecule has 0 bridgehead atoms. The van der Waals surface area contributed by atoms with Crippen LogP contribution in [0.5, 0.6) is 0 Å². The van der Waals surface area contributed by atoms with Crippen LogP contribution >= 0.6 is 0 Å². The lowest BCUT2D eigenvalue weighted by molar-refractivity contribution is 0.217. The zero-order chi connectivity index (χ0) is 80.5. The highest BCUT2D eigenvalue weighted by molar-refractivity contribution is 6.22. The van der Waals surface area contributed by atoms with Gasteiger partial charge in [-0.1, -0.05) is 277 Å². The van der Waals surface area contributed by atoms with E-state index in [-0.39, 0.29) is 16.2 Å². The fraction of sp³-hybridized carbons (Fsp3) is 0.130. The number of aryl methyl sites for hydroxylation is 2. The Morgan fingerprint density at radius 1 is 0.392 bits per heavy atom. The lowest BCUT2D eigenvalue weighted by Crippen LogP contribution is -2.29. The molecule has 0 saturated carbocycles. The molecule has 0 N–H and O–H groups in total. The fourth-order valence-electron chi connectivity index (χ4n) is 21.0. The summed E-state index contributed by atoms with van der Waals surface area (Å²) in [6.45, 7) is 14.5. The van der Waals surface area contributed by atoms with Gasteiger partial charge in [-0.15, -0.1) is 0 Å². The molecule has 5 nitrogen and oxygen atoms in total. The molecule has 22 rings (SSSR count). The van der Waals surface area contributed by atoms with Crippen LogP contribution in [0.3, 0.4) is 0 Å². The first kappa shape index (κ1) is 72.5. The van der Waals surface area contributed by atoms with E-state index < -0.39 is 0 Å². The summed E-state index contributed by atoms with van der Waals surface area (Å²) in [4.78, 5) is 7.46. The summed E-state index contributed by atoms with van der Waals surface area (Å²) in [5, 5.41) is 7.64. The molecule has 0 radical (unpaired) electrons. The molecule has 5 heteroatoms. The predicted octanol–water partition coefficient (Wildman–Crippen LogP) is 31.3. The van der Waals surface area contributed by atoms with E-state index in [1.54, 1.807) is 0 Å². The topological polar surface area (TPSA) is 19.6 Å². The van der Waals surface area contributed by atoms with Crippen LogP contribution < -0.4 is 14.7 Å². The molecule has 0 fully saturated rings. The van der Waals surface area contributed by atoms with E-state index in [0.29, 0.717) is 5.92 Å². The molecule has 2 aromatic heterocycles. The third-order valence-electron chi connectivity index (χ3n) is 27.3. The lowest BCUT2D eigenvalue weighted by atomic mass is 9.67. The monoisotopic (exact) mass is 1540 g/mol. The van der Waals surface area contributed by atoms with E-state index in [9.17, 15) is 0 Å². The summed E-state index contributed by atoms with van der Waals surface area (Å²) in [6.07, 6.45) is 17.3. The van der Waals surface area contributed by atoms with Crippen molar-refractivity contribution in [2.45, 2.75) is 84.5 Å². The molecule has 578 valence electrons. The van der Waals surface area contributed by atoms with Gasteiger partial charge in [-0.2, -0.15) is 0 Å². The molecule has 120 heavy (non-hydrogen) atoms. The molecular formula is C115H93N5. The third kappa shape index (κ3) is 11.9. The summed E-state index contributed by atoms with van der Waals surface area (Å²) in [5.74, 6) is 0.317. The first-order valence-corrected chi connectivity index (χ1v) is 42.8. The van der Waals surface area contributed by atoms with Crippen molar-refractivity contribution < 1.29 is 0 Å². The number of hydrogen-bond donors (Lipinski definition) is 0. The smallest absolute Gasteiger partial charge is 0.0547 e. The molecule has 2 heterocycles. The molecule has 4 aliphatic rings. The molecule has 0 amide bonds. The SMILES string of the molecule is Cc1ccc(N(C2=CCC(C(C)(C)CCC3(C)c4ccccc4-c4c(N(c5ccccc5)c5ccc(-c6ccc7c(c6)c6c8c(ccc6n7-c6ccccc6)CCC=C8)cc5)cccc43)C=C2)c2ccc(N(c3ccc(-c4ccc5c(c4)c4c6ccccc6ccc4n5-c4ccccc4)cc3)c3cccc4c3C(C)(C)c3ccccc3-4)cc2)cc1. The van der Waals surface area contributed by atoms with Gasteiger partial charge in [0.05, 0.1) is 33.4 Å². The minimum Gasteiger partial charge on any atom is -0.311 e. The van der Waals surface area contributed by atoms with Crippen molar-refractivity contribution in [2.24, 2.45) is 11.3 Å². The molecule has 0 spiro atoms. The normalized spacial score (nSPS) is 15.6. The van der Waals surface area contributed by atoms with Gasteiger partial charge in [0.2, 0.25) is 0 Å². The molecule has 0 aliphatic heterocycles. The maximum atomic E-state index is 2.53. The number of allylic oxidation sites excluding steroid dienone is 4. The second-order valence-electron chi connectivity index (χ2n) is 35.0. The molecule has 0 saturated heterocycles. The Kier molecular flexibility index (Phi) is 17.3. The Labute approximate surface area is 703 Å². The molecular weight excluding hydrogens is 1450 g/mol. The average molecular weight is 1550 g/mol. The third-order valence-corrected chi connectivity index (χ3v) is 27.3. The van der Waals surface area contributed by atoms with Gasteiger partial charge in [0.1, 0.15) is 0 Å². The van der Waals surface area contributed by atoms with Gasteiger partial charge in [-0.3, -0.25) is 0 Å². The number of rotatable bonds is 17. The quantitative estimate of drug-likeness (QED) is 0.0906. The highest BCUT2D eigenvalue weighted by Crippen LogP contribution is 2.59. The van der Waals surface area contributed by atoms with Crippen molar-refractivity contribution in [1.29, 1.82) is 0 Å². The van der Waals surface area contributed by atoms with Gasteiger partial charge in [-0.25, -0.2) is 0 Å². The first-order valence-electron chi connectivity index (χ1n) is 42.8. The van der Waals surface area contributed by atoms with E-state index in [1.807, 2.05) is 0 Å². The number of aromatic nitrogens is 2. The second-order valence-corrected chi connectivity index (χ2v) is 35.0. The van der Waals surface area contributed by atoms with Crippen molar-refractivity contribution >= 4 is 106 Å². The fourth-order valence-corrected chi connectivity index (χ4v) is 21.0. The zero-order valence-electron chi connectivity index (χ0n) is 68.8. The summed E-state index contributed by atoms with van der Waals surface area (Å²) >= 11 is 0. The maximum Gasteiger partial charge on any atom is 0.0547 e. The minimum absolute atomic E-state index is 0.0344. The van der Waals surface area contributed by atoms with Crippen LogP contribution in [0.25, 0.3) is 116 Å². The van der Waals surface area contributed by atoms with E-state index >= 15 is 0 Å². The molecule has 16 aromatic carbocycles. The van der Waals surface area contributed by atoms with Crippen molar-refractivity contribution in [3.05, 3.63) is 427 Å². The summed E-state index contributed by atoms with van der Waals surface area (Å²) in [7, 11) is 0. The lowest BCUT2D eigenvalue weighted by Gasteiger charge is -2.38. The number of nitrogens with zero attached hydrogens (tertiary/aromatic N) is 5. The minimum atomic E-state index is -0.253. The first-order chi connectivity index (χ1) is 58.8.